The number of Topliss-reactive ketones (excluding diaryl/α,β-unsaturated/α-hetero) is 1. The molecule has 1 aromatic carbocycles. The van der Waals surface area contributed by atoms with Crippen molar-refractivity contribution in [2.45, 2.75) is 31.3 Å². The minimum atomic E-state index is -0.477. The van der Waals surface area contributed by atoms with Crippen molar-refractivity contribution < 1.29 is 14.8 Å². The van der Waals surface area contributed by atoms with Crippen LogP contribution in [0.1, 0.15) is 24.0 Å². The van der Waals surface area contributed by atoms with Gasteiger partial charge in [0.25, 0.3) is 0 Å². The first-order valence-corrected chi connectivity index (χ1v) is 10.4. The van der Waals surface area contributed by atoms with Crippen LogP contribution < -0.4 is 5.32 Å². The lowest BCUT2D eigenvalue weighted by Crippen LogP contribution is -2.50. The first-order valence-electron chi connectivity index (χ1n) is 9.26. The number of thioether (sulfide) groups is 1. The summed E-state index contributed by atoms with van der Waals surface area (Å²) in [5.41, 5.74) is 3.58. The van der Waals surface area contributed by atoms with Gasteiger partial charge in [0, 0.05) is 18.1 Å². The van der Waals surface area contributed by atoms with Crippen LogP contribution in [-0.4, -0.2) is 58.3 Å². The summed E-state index contributed by atoms with van der Waals surface area (Å²) in [5, 5.41) is 15.1. The third-order valence-corrected chi connectivity index (χ3v) is 6.61. The zero-order chi connectivity index (χ0) is 18.8. The van der Waals surface area contributed by atoms with Gasteiger partial charge in [-0.15, -0.1) is 11.8 Å². The second kappa shape index (κ2) is 7.86. The molecule has 2 saturated heterocycles. The zero-order valence-corrected chi connectivity index (χ0v) is 15.8. The molecule has 2 fully saturated rings. The minimum absolute atomic E-state index is 0.0653. The third-order valence-electron chi connectivity index (χ3n) is 5.58. The van der Waals surface area contributed by atoms with Crippen molar-refractivity contribution in [3.05, 3.63) is 41.0 Å². The molecule has 2 aliphatic heterocycles. The Kier molecular flexibility index (Phi) is 5.31. The Morgan fingerprint density at radius 1 is 1.37 bits per heavy atom. The molecule has 0 aromatic heterocycles. The van der Waals surface area contributed by atoms with Gasteiger partial charge in [0.05, 0.1) is 24.2 Å². The number of hydrogen-bond donors (Lipinski definition) is 2. The van der Waals surface area contributed by atoms with E-state index in [-0.39, 0.29) is 23.7 Å². The molecule has 6 nitrogen and oxygen atoms in total. The molecule has 4 rings (SSSR count). The van der Waals surface area contributed by atoms with E-state index in [4.69, 9.17) is 5.21 Å². The fourth-order valence-corrected chi connectivity index (χ4v) is 5.32. The van der Waals surface area contributed by atoms with E-state index in [1.165, 1.54) is 17.3 Å². The largest absolute Gasteiger partial charge is 0.411 e. The fourth-order valence-electron chi connectivity index (χ4n) is 4.19. The number of nitrogens with zero attached hydrogens (tertiary/aromatic N) is 2. The van der Waals surface area contributed by atoms with E-state index < -0.39 is 6.04 Å². The first kappa shape index (κ1) is 18.3. The van der Waals surface area contributed by atoms with Gasteiger partial charge in [-0.1, -0.05) is 41.1 Å². The molecule has 2 N–H and O–H groups in total. The van der Waals surface area contributed by atoms with Gasteiger partial charge in [-0.05, 0) is 30.5 Å². The summed E-state index contributed by atoms with van der Waals surface area (Å²) >= 11 is 1.63. The average molecular weight is 385 g/mol. The number of allylic oxidation sites excluding steroid dienone is 1. The molecule has 3 aliphatic rings. The zero-order valence-electron chi connectivity index (χ0n) is 15.0. The summed E-state index contributed by atoms with van der Waals surface area (Å²) in [6.07, 6.45) is 5.41. The normalized spacial score (nSPS) is 27.2. The molecule has 3 atom stereocenters. The molecular formula is C20H23N3O3S. The molecule has 1 aromatic rings. The van der Waals surface area contributed by atoms with Crippen LogP contribution in [0.25, 0.3) is 6.08 Å². The standard InChI is InChI=1S/C20H23N3O3S/c24-18(9-13-7-14-3-1-2-4-15(14)8-13)17-5-6-21-19(17)20(25)23-12-27-11-16(23)10-22-26/h1-4,7,10,16-17,19,21,26H,5-6,8-9,11-12H2/t16-,17?,19-/m1/s1. The average Bonchev–Trinajstić information content (AvgIpc) is 3.40. The Morgan fingerprint density at radius 2 is 2.22 bits per heavy atom. The maximum atomic E-state index is 13.0. The number of ketones is 1. The Morgan fingerprint density at radius 3 is 3.04 bits per heavy atom. The topological polar surface area (TPSA) is 82.0 Å². The lowest BCUT2D eigenvalue weighted by molar-refractivity contribution is -0.136. The number of carbonyl (C=O) groups is 2. The van der Waals surface area contributed by atoms with Crippen molar-refractivity contribution in [2.75, 3.05) is 18.2 Å². The van der Waals surface area contributed by atoms with Crippen LogP contribution in [-0.2, 0) is 16.0 Å². The number of oxime groups is 1. The van der Waals surface area contributed by atoms with E-state index in [1.54, 1.807) is 16.7 Å². The highest BCUT2D eigenvalue weighted by atomic mass is 32.2. The molecule has 7 heteroatoms. The molecule has 1 amide bonds. The Labute approximate surface area is 162 Å². The second-order valence-corrected chi connectivity index (χ2v) is 8.29. The van der Waals surface area contributed by atoms with E-state index in [1.807, 2.05) is 12.1 Å². The molecule has 142 valence electrons. The maximum absolute atomic E-state index is 13.0. The van der Waals surface area contributed by atoms with Gasteiger partial charge < -0.3 is 15.4 Å². The minimum Gasteiger partial charge on any atom is -0.411 e. The van der Waals surface area contributed by atoms with Crippen LogP contribution in [0, 0.1) is 5.92 Å². The van der Waals surface area contributed by atoms with Gasteiger partial charge in [0.15, 0.2) is 0 Å². The number of benzene rings is 1. The van der Waals surface area contributed by atoms with Crippen molar-refractivity contribution in [3.63, 3.8) is 0 Å². The number of amides is 1. The lowest BCUT2D eigenvalue weighted by Gasteiger charge is -2.26. The highest BCUT2D eigenvalue weighted by molar-refractivity contribution is 7.99. The lowest BCUT2D eigenvalue weighted by atomic mass is 9.90. The Balaban J connectivity index is 1.42. The number of nitrogens with one attached hydrogen (secondary N) is 1. The molecular weight excluding hydrogens is 362 g/mol. The van der Waals surface area contributed by atoms with E-state index >= 15 is 0 Å². The van der Waals surface area contributed by atoms with Crippen LogP contribution in [0.4, 0.5) is 0 Å². The number of carbonyl (C=O) groups excluding carboxylic acids is 2. The van der Waals surface area contributed by atoms with Crippen LogP contribution in [0.5, 0.6) is 0 Å². The van der Waals surface area contributed by atoms with Crippen molar-refractivity contribution >= 4 is 35.7 Å². The van der Waals surface area contributed by atoms with Crippen molar-refractivity contribution in [2.24, 2.45) is 11.1 Å². The number of hydrogen-bond acceptors (Lipinski definition) is 6. The van der Waals surface area contributed by atoms with Crippen LogP contribution >= 0.6 is 11.8 Å². The SMILES string of the molecule is O=C(CC1=Cc2ccccc2C1)C1CCN[C@H]1C(=O)N1CSC[C@H]1C=NO. The number of rotatable bonds is 5. The van der Waals surface area contributed by atoms with Crippen LogP contribution in [0.2, 0.25) is 0 Å². The first-order chi connectivity index (χ1) is 13.2. The summed E-state index contributed by atoms with van der Waals surface area (Å²) < 4.78 is 0. The summed E-state index contributed by atoms with van der Waals surface area (Å²) in [5.74, 6) is 1.06. The van der Waals surface area contributed by atoms with Crippen molar-refractivity contribution in [1.82, 2.24) is 10.2 Å². The number of fused-ring (bicyclic) bond motifs is 1. The van der Waals surface area contributed by atoms with Crippen LogP contribution in [0.3, 0.4) is 0 Å². The molecule has 1 aliphatic carbocycles. The van der Waals surface area contributed by atoms with Gasteiger partial charge in [0.1, 0.15) is 5.78 Å². The third kappa shape index (κ3) is 3.66. The van der Waals surface area contributed by atoms with Gasteiger partial charge >= 0.3 is 0 Å². The molecule has 27 heavy (non-hydrogen) atoms. The van der Waals surface area contributed by atoms with E-state index in [2.05, 4.69) is 28.7 Å². The highest BCUT2D eigenvalue weighted by Crippen LogP contribution is 2.30. The predicted octanol–water partition coefficient (Wildman–Crippen LogP) is 1.92. The van der Waals surface area contributed by atoms with Gasteiger partial charge in [-0.2, -0.15) is 0 Å². The van der Waals surface area contributed by atoms with Gasteiger partial charge in [0.2, 0.25) is 5.91 Å². The van der Waals surface area contributed by atoms with Crippen molar-refractivity contribution in [3.8, 4) is 0 Å². The smallest absolute Gasteiger partial charge is 0.241 e. The second-order valence-electron chi connectivity index (χ2n) is 7.29. The summed E-state index contributed by atoms with van der Waals surface area (Å²) in [7, 11) is 0. The highest BCUT2D eigenvalue weighted by Gasteiger charge is 2.42. The summed E-state index contributed by atoms with van der Waals surface area (Å²) in [6, 6.07) is 7.52. The maximum Gasteiger partial charge on any atom is 0.241 e. The van der Waals surface area contributed by atoms with E-state index in [0.717, 1.165) is 12.0 Å². The summed E-state index contributed by atoms with van der Waals surface area (Å²) in [6.45, 7) is 0.672. The predicted molar refractivity (Wildman–Crippen MR) is 106 cm³/mol. The molecule has 0 radical (unpaired) electrons. The van der Waals surface area contributed by atoms with Crippen LogP contribution in [0.15, 0.2) is 35.0 Å². The van der Waals surface area contributed by atoms with Crippen molar-refractivity contribution in [1.29, 1.82) is 0 Å². The Bertz CT molecular complexity index is 807. The van der Waals surface area contributed by atoms with E-state index in [0.29, 0.717) is 31.0 Å². The Hall–Kier alpha value is -2.12. The molecule has 2 heterocycles. The quantitative estimate of drug-likeness (QED) is 0.460. The molecule has 0 bridgehead atoms. The van der Waals surface area contributed by atoms with Gasteiger partial charge in [-0.3, -0.25) is 9.59 Å². The fraction of sp³-hybridized carbons (Fsp3) is 0.450. The summed E-state index contributed by atoms with van der Waals surface area (Å²) in [4.78, 5) is 27.7. The van der Waals surface area contributed by atoms with E-state index in [9.17, 15) is 9.59 Å². The molecule has 1 unspecified atom stereocenters. The monoisotopic (exact) mass is 385 g/mol. The molecule has 0 saturated carbocycles. The van der Waals surface area contributed by atoms with Gasteiger partial charge in [-0.25, -0.2) is 0 Å². The molecule has 0 spiro atoms.